The Balaban J connectivity index is 2.16. The predicted octanol–water partition coefficient (Wildman–Crippen LogP) is -0.795. The van der Waals surface area contributed by atoms with Crippen LogP contribution in [0.3, 0.4) is 0 Å². The summed E-state index contributed by atoms with van der Waals surface area (Å²) in [7, 11) is 0. The Morgan fingerprint density at radius 1 is 1.45 bits per heavy atom. The number of hydrogen-bond acceptors (Lipinski definition) is 7. The van der Waals surface area contributed by atoms with Crippen LogP contribution >= 0.6 is 12.2 Å². The van der Waals surface area contributed by atoms with Crippen molar-refractivity contribution in [2.45, 2.75) is 24.5 Å². The van der Waals surface area contributed by atoms with Gasteiger partial charge in [-0.15, -0.1) is 0 Å². The maximum Gasteiger partial charge on any atom is 0.228 e. The first kappa shape index (κ1) is 15.2. The fourth-order valence-corrected chi connectivity index (χ4v) is 2.61. The molecular weight excluding hydrogens is 317 g/mol. The van der Waals surface area contributed by atoms with Crippen molar-refractivity contribution in [3.63, 3.8) is 0 Å². The number of rotatable bonds is 2. The summed E-state index contributed by atoms with van der Waals surface area (Å²) >= 11 is 5.06. The van der Waals surface area contributed by atoms with Crippen LogP contribution in [0.2, 0.25) is 0 Å². The third-order valence-electron chi connectivity index (χ3n) is 3.54. The molecule has 1 aliphatic heterocycles. The van der Waals surface area contributed by atoms with Crippen molar-refractivity contribution in [3.8, 4) is 0 Å². The molecular formula is C12H12FN3O5S. The van der Waals surface area contributed by atoms with Crippen molar-refractivity contribution in [2.24, 2.45) is 0 Å². The van der Waals surface area contributed by atoms with E-state index >= 15 is 0 Å². The first-order valence-electron chi connectivity index (χ1n) is 6.36. The van der Waals surface area contributed by atoms with Crippen molar-refractivity contribution in [3.05, 3.63) is 33.2 Å². The summed E-state index contributed by atoms with van der Waals surface area (Å²) in [4.78, 5) is 18.3. The van der Waals surface area contributed by atoms with E-state index in [1.54, 1.807) is 0 Å². The Kier molecular flexibility index (Phi) is 3.78. The van der Waals surface area contributed by atoms with Gasteiger partial charge in [0.05, 0.1) is 12.0 Å². The quantitative estimate of drug-likeness (QED) is 0.533. The van der Waals surface area contributed by atoms with E-state index in [0.29, 0.717) is 0 Å². The van der Waals surface area contributed by atoms with Crippen LogP contribution in [0.15, 0.2) is 17.2 Å². The van der Waals surface area contributed by atoms with E-state index in [-0.39, 0.29) is 15.8 Å². The molecule has 1 fully saturated rings. The molecule has 1 unspecified atom stereocenters. The standard InChI is InChI=1S/C12H12FN3O5S/c13-5-1-14-10-4(7(5)18)2-16(12(22)15-10)11-9(20)8(19)6(3-17)21-11/h1-2,6,8-9,11,17,19-20H,3H2,(H,14,15,22)/t6-,8?,9+,11-/m1/s1. The third kappa shape index (κ3) is 2.25. The number of aromatic amines is 1. The molecule has 2 aromatic rings. The van der Waals surface area contributed by atoms with E-state index < -0.39 is 42.4 Å². The monoisotopic (exact) mass is 329 g/mol. The van der Waals surface area contributed by atoms with Crippen LogP contribution in [0.5, 0.6) is 0 Å². The minimum Gasteiger partial charge on any atom is -0.394 e. The number of fused-ring (bicyclic) bond motifs is 1. The van der Waals surface area contributed by atoms with Gasteiger partial charge in [0.25, 0.3) is 0 Å². The molecule has 0 aromatic carbocycles. The molecule has 0 amide bonds. The van der Waals surface area contributed by atoms with Crippen LogP contribution < -0.4 is 5.43 Å². The predicted molar refractivity (Wildman–Crippen MR) is 74.2 cm³/mol. The second-order valence-electron chi connectivity index (χ2n) is 4.89. The second-order valence-corrected chi connectivity index (χ2v) is 5.25. The van der Waals surface area contributed by atoms with E-state index in [1.807, 2.05) is 0 Å². The minimum atomic E-state index is -1.38. The molecule has 0 saturated carbocycles. The number of aliphatic hydroxyl groups excluding tert-OH is 3. The first-order valence-corrected chi connectivity index (χ1v) is 6.77. The van der Waals surface area contributed by atoms with Gasteiger partial charge in [-0.3, -0.25) is 9.36 Å². The Morgan fingerprint density at radius 2 is 2.18 bits per heavy atom. The minimum absolute atomic E-state index is 0.0374. The average molecular weight is 329 g/mol. The van der Waals surface area contributed by atoms with Crippen LogP contribution in [0.1, 0.15) is 6.23 Å². The van der Waals surface area contributed by atoms with Gasteiger partial charge in [0, 0.05) is 12.4 Å². The lowest BCUT2D eigenvalue weighted by molar-refractivity contribution is -0.0538. The molecule has 1 aliphatic rings. The first-order chi connectivity index (χ1) is 10.4. The van der Waals surface area contributed by atoms with Crippen molar-refractivity contribution in [2.75, 3.05) is 6.61 Å². The molecule has 2 aromatic heterocycles. The Bertz CT molecular complexity index is 838. The zero-order valence-corrected chi connectivity index (χ0v) is 11.8. The largest absolute Gasteiger partial charge is 0.394 e. The molecule has 3 heterocycles. The molecule has 4 atom stereocenters. The summed E-state index contributed by atoms with van der Waals surface area (Å²) < 4.78 is 19.8. The zero-order valence-electron chi connectivity index (χ0n) is 11.0. The van der Waals surface area contributed by atoms with E-state index in [1.165, 1.54) is 6.20 Å². The molecule has 22 heavy (non-hydrogen) atoms. The number of aliphatic hydroxyl groups is 3. The van der Waals surface area contributed by atoms with Crippen LogP contribution in [-0.4, -0.2) is 54.8 Å². The molecule has 0 radical (unpaired) electrons. The molecule has 118 valence electrons. The van der Waals surface area contributed by atoms with Crippen LogP contribution in [0.25, 0.3) is 11.0 Å². The molecule has 10 heteroatoms. The summed E-state index contributed by atoms with van der Waals surface area (Å²) in [5.41, 5.74) is -0.781. The Hall–Kier alpha value is -1.72. The van der Waals surface area contributed by atoms with Gasteiger partial charge in [-0.2, -0.15) is 0 Å². The second kappa shape index (κ2) is 5.48. The highest BCUT2D eigenvalue weighted by atomic mass is 32.1. The van der Waals surface area contributed by atoms with Crippen molar-refractivity contribution < 1.29 is 24.4 Å². The molecule has 0 spiro atoms. The summed E-state index contributed by atoms with van der Waals surface area (Å²) in [6.45, 7) is -0.502. The molecule has 0 bridgehead atoms. The van der Waals surface area contributed by atoms with Crippen molar-refractivity contribution >= 4 is 23.3 Å². The van der Waals surface area contributed by atoms with Gasteiger partial charge in [-0.1, -0.05) is 0 Å². The van der Waals surface area contributed by atoms with E-state index in [2.05, 4.69) is 9.97 Å². The van der Waals surface area contributed by atoms with Gasteiger partial charge >= 0.3 is 0 Å². The van der Waals surface area contributed by atoms with Gasteiger partial charge in [0.1, 0.15) is 24.0 Å². The lowest BCUT2D eigenvalue weighted by Gasteiger charge is -2.18. The lowest BCUT2D eigenvalue weighted by Crippen LogP contribution is -2.33. The van der Waals surface area contributed by atoms with Crippen LogP contribution in [0, 0.1) is 10.6 Å². The van der Waals surface area contributed by atoms with E-state index in [4.69, 9.17) is 22.1 Å². The Labute approximate surface area is 127 Å². The smallest absolute Gasteiger partial charge is 0.228 e. The van der Waals surface area contributed by atoms with Gasteiger partial charge < -0.3 is 25.0 Å². The normalized spacial score (nSPS) is 28.4. The molecule has 4 N–H and O–H groups in total. The van der Waals surface area contributed by atoms with E-state index in [0.717, 1.165) is 10.8 Å². The highest BCUT2D eigenvalue weighted by Crippen LogP contribution is 2.29. The Morgan fingerprint density at radius 3 is 2.82 bits per heavy atom. The lowest BCUT2D eigenvalue weighted by atomic mass is 10.1. The molecule has 3 rings (SSSR count). The highest BCUT2D eigenvalue weighted by Gasteiger charge is 2.43. The third-order valence-corrected chi connectivity index (χ3v) is 3.84. The number of hydrogen-bond donors (Lipinski definition) is 4. The average Bonchev–Trinajstić information content (AvgIpc) is 2.79. The maximum absolute atomic E-state index is 13.4. The van der Waals surface area contributed by atoms with Crippen molar-refractivity contribution in [1.82, 2.24) is 14.5 Å². The van der Waals surface area contributed by atoms with Crippen LogP contribution in [0.4, 0.5) is 4.39 Å². The summed E-state index contributed by atoms with van der Waals surface area (Å²) in [6, 6.07) is 0. The summed E-state index contributed by atoms with van der Waals surface area (Å²) in [5, 5.41) is 28.8. The van der Waals surface area contributed by atoms with Gasteiger partial charge in [-0.05, 0) is 12.2 Å². The number of aromatic nitrogens is 3. The number of halogens is 1. The van der Waals surface area contributed by atoms with Crippen LogP contribution in [-0.2, 0) is 4.74 Å². The van der Waals surface area contributed by atoms with Gasteiger partial charge in [-0.25, -0.2) is 9.37 Å². The number of pyridine rings is 1. The number of nitrogens with one attached hydrogen (secondary N) is 1. The number of ether oxygens (including phenoxy) is 1. The van der Waals surface area contributed by atoms with Crippen molar-refractivity contribution in [1.29, 1.82) is 0 Å². The fraction of sp³-hybridized carbons (Fsp3) is 0.417. The summed E-state index contributed by atoms with van der Waals surface area (Å²) in [6.07, 6.45) is -2.76. The van der Waals surface area contributed by atoms with Gasteiger partial charge in [0.2, 0.25) is 10.2 Å². The van der Waals surface area contributed by atoms with Gasteiger partial charge in [0.15, 0.2) is 12.0 Å². The zero-order chi connectivity index (χ0) is 16.0. The molecule has 8 nitrogen and oxygen atoms in total. The fourth-order valence-electron chi connectivity index (χ4n) is 2.36. The number of H-pyrrole nitrogens is 1. The topological polar surface area (TPSA) is 121 Å². The number of nitrogens with zero attached hydrogens (tertiary/aromatic N) is 2. The SMILES string of the molecule is O=c1c(F)c[nH]c2nc(=S)n([C@@H]3O[C@H](CO)C(O)[C@@H]3O)cc12. The molecule has 1 saturated heterocycles. The maximum atomic E-state index is 13.4. The van der Waals surface area contributed by atoms with E-state index in [9.17, 15) is 19.4 Å². The highest BCUT2D eigenvalue weighted by molar-refractivity contribution is 7.71. The summed E-state index contributed by atoms with van der Waals surface area (Å²) in [5.74, 6) is -0.987. The molecule has 0 aliphatic carbocycles.